The molecule has 0 saturated heterocycles. The van der Waals surface area contributed by atoms with E-state index in [-0.39, 0.29) is 21.7 Å². The summed E-state index contributed by atoms with van der Waals surface area (Å²) in [5.41, 5.74) is 0.898. The molecule has 0 aromatic carbocycles. The van der Waals surface area contributed by atoms with Crippen molar-refractivity contribution in [2.75, 3.05) is 0 Å². The van der Waals surface area contributed by atoms with Gasteiger partial charge in [-0.1, -0.05) is 13.8 Å². The second kappa shape index (κ2) is 36.1. The molecule has 0 aromatic heterocycles. The van der Waals surface area contributed by atoms with Crippen molar-refractivity contribution in [3.05, 3.63) is 37.1 Å². The van der Waals surface area contributed by atoms with E-state index in [1.54, 1.807) is 26.4 Å². The summed E-state index contributed by atoms with van der Waals surface area (Å²) in [6.45, 7) is 17.7. The third kappa shape index (κ3) is 228. The van der Waals surface area contributed by atoms with Crippen molar-refractivity contribution in [1.82, 2.24) is 0 Å². The Morgan fingerprint density at radius 1 is 0.824 bits per heavy atom. The van der Waals surface area contributed by atoms with Crippen LogP contribution in [0.1, 0.15) is 41.5 Å². The smallest absolute Gasteiger partial charge is 0.419 e. The van der Waals surface area contributed by atoms with Crippen molar-refractivity contribution >= 4 is 12.6 Å². The Balaban J connectivity index is -0.0000000381. The van der Waals surface area contributed by atoms with Crippen LogP contribution in [0.2, 0.25) is 0 Å². The van der Waals surface area contributed by atoms with E-state index in [0.717, 1.165) is 0 Å². The molecule has 0 bridgehead atoms. The maximum atomic E-state index is 9.28. The second-order valence-electron chi connectivity index (χ2n) is 2.92. The first-order valence-electron chi connectivity index (χ1n) is 4.92. The van der Waals surface area contributed by atoms with E-state index < -0.39 is 0 Å². The van der Waals surface area contributed by atoms with Gasteiger partial charge in [-0.05, 0) is 12.6 Å². The van der Waals surface area contributed by atoms with Crippen LogP contribution in [-0.4, -0.2) is 12.6 Å². The Hall–Kier alpha value is -0.466. The van der Waals surface area contributed by atoms with E-state index in [9.17, 15) is 9.59 Å². The van der Waals surface area contributed by atoms with Crippen LogP contribution in [-0.2, 0) is 31.3 Å². The molecule has 0 amide bonds. The summed E-state index contributed by atoms with van der Waals surface area (Å²) < 4.78 is 0. The molecule has 0 rings (SSSR count). The molecule has 0 saturated carbocycles. The van der Waals surface area contributed by atoms with Crippen LogP contribution in [0.15, 0.2) is 24.3 Å². The fourth-order valence-corrected chi connectivity index (χ4v) is 0. The van der Waals surface area contributed by atoms with Crippen LogP contribution in [0.4, 0.5) is 0 Å². The van der Waals surface area contributed by atoms with Gasteiger partial charge in [-0.15, -0.1) is 0 Å². The van der Waals surface area contributed by atoms with Crippen LogP contribution in [0, 0.1) is 12.8 Å². The van der Waals surface area contributed by atoms with E-state index in [2.05, 4.69) is 13.2 Å². The molecule has 0 aliphatic rings. The van der Waals surface area contributed by atoms with Crippen molar-refractivity contribution in [3.8, 4) is 0 Å². The van der Waals surface area contributed by atoms with Gasteiger partial charge in [0.1, 0.15) is 0 Å². The molecule has 96 valence electrons. The van der Waals surface area contributed by atoms with Crippen molar-refractivity contribution in [2.45, 2.75) is 41.5 Å². The molecule has 0 unspecified atom stereocenters. The van der Waals surface area contributed by atoms with Crippen molar-refractivity contribution < 1.29 is 31.3 Å². The molecular weight excluding hydrogens is 248 g/mol. The Labute approximate surface area is 122 Å². The van der Waals surface area contributed by atoms with Crippen LogP contribution in [0.5, 0.6) is 0 Å². The van der Waals surface area contributed by atoms with Crippen molar-refractivity contribution in [3.63, 3.8) is 0 Å². The minimum atomic E-state index is 0. The Bertz CT molecular complexity index is 155. The predicted molar refractivity (Wildman–Crippen MR) is 72.3 cm³/mol. The molecule has 3 heteroatoms. The zero-order valence-corrected chi connectivity index (χ0v) is 13.4. The number of allylic oxidation sites excluding steroid dienone is 2. The Morgan fingerprint density at radius 3 is 0.882 bits per heavy atom. The van der Waals surface area contributed by atoms with E-state index in [1.807, 2.05) is 40.5 Å². The summed E-state index contributed by atoms with van der Waals surface area (Å²) in [5, 5.41) is 0. The quantitative estimate of drug-likeness (QED) is 0.435. The minimum Gasteiger partial charge on any atom is -0.419 e. The molecule has 0 aromatic rings. The van der Waals surface area contributed by atoms with Gasteiger partial charge in [-0.3, -0.25) is 0 Å². The van der Waals surface area contributed by atoms with Crippen LogP contribution in [0.25, 0.3) is 0 Å². The van der Waals surface area contributed by atoms with E-state index in [4.69, 9.17) is 0 Å². The first-order valence-corrected chi connectivity index (χ1v) is 4.92. The third-order valence-corrected chi connectivity index (χ3v) is 0.348. The number of rotatable bonds is 2. The maximum absolute atomic E-state index is 9.28. The Morgan fingerprint density at radius 2 is 0.882 bits per heavy atom. The van der Waals surface area contributed by atoms with Crippen molar-refractivity contribution in [1.29, 1.82) is 0 Å². The fourth-order valence-electron chi connectivity index (χ4n) is 0. The van der Waals surface area contributed by atoms with Gasteiger partial charge < -0.3 is 22.4 Å². The minimum absolute atomic E-state index is 0. The largest absolute Gasteiger partial charge is 4.00 e. The zero-order valence-electron chi connectivity index (χ0n) is 11.9. The normalized spacial score (nSPS) is 6.00. The first kappa shape index (κ1) is 30.0. The molecule has 0 aliphatic heterocycles. The maximum Gasteiger partial charge on any atom is 4.00 e. The molecule has 0 aliphatic carbocycles. The summed E-state index contributed by atoms with van der Waals surface area (Å²) in [5.74, 6) is 0. The van der Waals surface area contributed by atoms with Gasteiger partial charge in [0.15, 0.2) is 0 Å². The van der Waals surface area contributed by atoms with Gasteiger partial charge in [0, 0.05) is 0 Å². The van der Waals surface area contributed by atoms with E-state index >= 15 is 0 Å². The molecule has 0 fully saturated rings. The van der Waals surface area contributed by atoms with Crippen LogP contribution >= 0.6 is 0 Å². The number of hydrogen-bond donors (Lipinski definition) is 0. The monoisotopic (exact) mass is 272 g/mol. The first-order chi connectivity index (χ1) is 7.37. The SMILES string of the molecule is C=C(C)[C-]=O.C=C(C)[C-]=O.C[CH-]C.C[CH-]C.[Ti+4]. The van der Waals surface area contributed by atoms with Gasteiger partial charge in [0.2, 0.25) is 0 Å². The summed E-state index contributed by atoms with van der Waals surface area (Å²) >= 11 is 0. The average Bonchev–Trinajstić information content (AvgIpc) is 2.21. The van der Waals surface area contributed by atoms with Crippen LogP contribution < -0.4 is 0 Å². The molecule has 17 heavy (non-hydrogen) atoms. The molecule has 0 heterocycles. The van der Waals surface area contributed by atoms with Crippen LogP contribution in [0.3, 0.4) is 0 Å². The number of hydrogen-bond acceptors (Lipinski definition) is 2. The zero-order chi connectivity index (χ0) is 14.0. The average molecular weight is 272 g/mol. The van der Waals surface area contributed by atoms with Gasteiger partial charge >= 0.3 is 21.7 Å². The standard InChI is InChI=1S/2C4H5O.2C3H7.Ti/c2*1-4(2)3-5;2*1-3-2;/h2*1H2,2H3;2*3H,1-2H3;/q4*-1;+4. The van der Waals surface area contributed by atoms with Gasteiger partial charge in [-0.25, -0.2) is 13.2 Å². The molecule has 2 nitrogen and oxygen atoms in total. The van der Waals surface area contributed by atoms with E-state index in [1.165, 1.54) is 0 Å². The fraction of sp³-hybridized carbons (Fsp3) is 0.429. The molecule has 0 radical (unpaired) electrons. The number of carbonyl (C=O) groups excluding carboxylic acids is 2. The van der Waals surface area contributed by atoms with Gasteiger partial charge in [0.25, 0.3) is 0 Å². The topological polar surface area (TPSA) is 34.1 Å². The molecular formula is C14H24O2Ti. The summed E-state index contributed by atoms with van der Waals surface area (Å²) in [6, 6.07) is 0. The molecule has 0 N–H and O–H groups in total. The Kier molecular flexibility index (Phi) is 63.7. The van der Waals surface area contributed by atoms with Gasteiger partial charge in [-0.2, -0.15) is 38.8 Å². The third-order valence-electron chi connectivity index (χ3n) is 0.348. The summed E-state index contributed by atoms with van der Waals surface area (Å²) in [6.07, 6.45) is 7.17. The van der Waals surface area contributed by atoms with Gasteiger partial charge in [0.05, 0.1) is 0 Å². The predicted octanol–water partition coefficient (Wildman–Crippen LogP) is 3.80. The summed E-state index contributed by atoms with van der Waals surface area (Å²) in [4.78, 5) is 18.6. The second-order valence-corrected chi connectivity index (χ2v) is 2.92. The van der Waals surface area contributed by atoms with Crippen molar-refractivity contribution in [2.24, 2.45) is 0 Å². The molecule has 0 spiro atoms. The molecule has 0 atom stereocenters. The summed E-state index contributed by atoms with van der Waals surface area (Å²) in [7, 11) is 0. The van der Waals surface area contributed by atoms with E-state index in [0.29, 0.717) is 11.1 Å².